The maximum absolute atomic E-state index is 11.3. The van der Waals surface area contributed by atoms with Crippen LogP contribution in [-0.4, -0.2) is 52.0 Å². The zero-order chi connectivity index (χ0) is 16.9. The average molecular weight is 436 g/mol. The lowest BCUT2D eigenvalue weighted by Gasteiger charge is -2.10. The predicted molar refractivity (Wildman–Crippen MR) is 97.4 cm³/mol. The second-order valence-electron chi connectivity index (χ2n) is 4.89. The minimum atomic E-state index is 0.0536. The van der Waals surface area contributed by atoms with Crippen molar-refractivity contribution in [3.63, 3.8) is 0 Å². The van der Waals surface area contributed by atoms with Crippen molar-refractivity contribution < 1.29 is 23.7 Å². The Morgan fingerprint density at radius 3 is 2.04 bits per heavy atom. The highest BCUT2D eigenvalue weighted by atomic mass is 127. The van der Waals surface area contributed by atoms with Crippen LogP contribution in [0.15, 0.2) is 18.2 Å². The first-order valence-corrected chi connectivity index (χ1v) is 8.89. The molecule has 0 aliphatic carbocycles. The Hall–Kier alpha value is -0.700. The maximum Gasteiger partial charge on any atom is 0.159 e. The quantitative estimate of drug-likeness (QED) is 0.270. The molecule has 0 saturated carbocycles. The molecule has 0 fully saturated rings. The first-order valence-electron chi connectivity index (χ1n) is 7.81. The number of ketones is 1. The van der Waals surface area contributed by atoms with Gasteiger partial charge in [0.1, 0.15) is 12.4 Å². The molecular weight excluding hydrogens is 411 g/mol. The zero-order valence-electron chi connectivity index (χ0n) is 13.8. The van der Waals surface area contributed by atoms with Crippen molar-refractivity contribution in [2.24, 2.45) is 0 Å². The largest absolute Gasteiger partial charge is 0.490 e. The number of ether oxygens (including phenoxy) is 4. The van der Waals surface area contributed by atoms with E-state index in [1.165, 1.54) is 0 Å². The Morgan fingerprint density at radius 2 is 1.52 bits per heavy atom. The van der Waals surface area contributed by atoms with Gasteiger partial charge < -0.3 is 18.9 Å². The summed E-state index contributed by atoms with van der Waals surface area (Å²) in [7, 11) is 0. The summed E-state index contributed by atoms with van der Waals surface area (Å²) in [6.45, 7) is 7.70. The van der Waals surface area contributed by atoms with Gasteiger partial charge in [-0.25, -0.2) is 0 Å². The molecule has 0 atom stereocenters. The lowest BCUT2D eigenvalue weighted by atomic mass is 10.1. The van der Waals surface area contributed by atoms with Gasteiger partial charge in [-0.15, -0.1) is 0 Å². The molecule has 5 nitrogen and oxygen atoms in total. The SMILES string of the molecule is CCCOCCOCCOCCOc1ccc(C(C)=O)cc1I. The van der Waals surface area contributed by atoms with Gasteiger partial charge in [0.25, 0.3) is 0 Å². The molecule has 0 unspecified atom stereocenters. The third-order valence-electron chi connectivity index (χ3n) is 2.92. The van der Waals surface area contributed by atoms with Crippen LogP contribution >= 0.6 is 22.6 Å². The van der Waals surface area contributed by atoms with E-state index in [9.17, 15) is 4.79 Å². The van der Waals surface area contributed by atoms with Gasteiger partial charge in [0.2, 0.25) is 0 Å². The fourth-order valence-corrected chi connectivity index (χ4v) is 2.40. The molecular formula is C17H25IO5. The fourth-order valence-electron chi connectivity index (χ4n) is 1.73. The first kappa shape index (κ1) is 20.3. The van der Waals surface area contributed by atoms with Gasteiger partial charge in [-0.3, -0.25) is 4.79 Å². The van der Waals surface area contributed by atoms with E-state index in [4.69, 9.17) is 18.9 Å². The zero-order valence-corrected chi connectivity index (χ0v) is 16.0. The summed E-state index contributed by atoms with van der Waals surface area (Å²) in [6.07, 6.45) is 1.03. The topological polar surface area (TPSA) is 54.0 Å². The van der Waals surface area contributed by atoms with E-state index in [1.54, 1.807) is 13.0 Å². The van der Waals surface area contributed by atoms with Crippen LogP contribution in [0.1, 0.15) is 30.6 Å². The van der Waals surface area contributed by atoms with Crippen molar-refractivity contribution in [2.75, 3.05) is 46.2 Å². The normalized spacial score (nSPS) is 10.7. The van der Waals surface area contributed by atoms with Gasteiger partial charge in [0.05, 0.1) is 36.6 Å². The van der Waals surface area contributed by atoms with Crippen LogP contribution in [-0.2, 0) is 14.2 Å². The van der Waals surface area contributed by atoms with E-state index >= 15 is 0 Å². The Labute approximate surface area is 151 Å². The monoisotopic (exact) mass is 436 g/mol. The van der Waals surface area contributed by atoms with Gasteiger partial charge in [-0.2, -0.15) is 0 Å². The number of hydrogen-bond acceptors (Lipinski definition) is 5. The van der Waals surface area contributed by atoms with E-state index in [-0.39, 0.29) is 5.78 Å². The van der Waals surface area contributed by atoms with Gasteiger partial charge in [-0.1, -0.05) is 6.92 Å². The van der Waals surface area contributed by atoms with E-state index in [0.29, 0.717) is 45.2 Å². The molecule has 0 spiro atoms. The Morgan fingerprint density at radius 1 is 0.957 bits per heavy atom. The van der Waals surface area contributed by atoms with Crippen molar-refractivity contribution in [1.82, 2.24) is 0 Å². The summed E-state index contributed by atoms with van der Waals surface area (Å²) >= 11 is 2.16. The Balaban J connectivity index is 2.04. The predicted octanol–water partition coefficient (Wildman–Crippen LogP) is 3.33. The van der Waals surface area contributed by atoms with Crippen LogP contribution in [0, 0.1) is 3.57 Å². The van der Waals surface area contributed by atoms with Crippen molar-refractivity contribution in [3.8, 4) is 5.75 Å². The molecule has 0 N–H and O–H groups in total. The molecule has 1 rings (SSSR count). The van der Waals surface area contributed by atoms with Crippen LogP contribution in [0.25, 0.3) is 0 Å². The maximum atomic E-state index is 11.3. The van der Waals surface area contributed by atoms with Crippen molar-refractivity contribution in [2.45, 2.75) is 20.3 Å². The lowest BCUT2D eigenvalue weighted by Crippen LogP contribution is -2.13. The minimum absolute atomic E-state index is 0.0536. The minimum Gasteiger partial charge on any atom is -0.490 e. The molecule has 23 heavy (non-hydrogen) atoms. The second-order valence-corrected chi connectivity index (χ2v) is 6.05. The molecule has 1 aromatic carbocycles. The third kappa shape index (κ3) is 9.24. The van der Waals surface area contributed by atoms with Crippen LogP contribution in [0.5, 0.6) is 5.75 Å². The standard InChI is InChI=1S/C17H25IO5/c1-3-6-20-7-8-21-9-10-22-11-12-23-17-5-4-15(14(2)19)13-16(17)18/h4-5,13H,3,6-12H2,1-2H3. The first-order chi connectivity index (χ1) is 11.1. The molecule has 6 heteroatoms. The van der Waals surface area contributed by atoms with Gasteiger partial charge in [0.15, 0.2) is 5.78 Å². The number of carbonyl (C=O) groups is 1. The molecule has 0 amide bonds. The summed E-state index contributed by atoms with van der Waals surface area (Å²) in [6, 6.07) is 5.42. The number of hydrogen-bond donors (Lipinski definition) is 0. The molecule has 0 aliphatic rings. The molecule has 0 aromatic heterocycles. The number of carbonyl (C=O) groups excluding carboxylic acids is 1. The summed E-state index contributed by atoms with van der Waals surface area (Å²) in [5.41, 5.74) is 0.693. The number of halogens is 1. The number of rotatable bonds is 13. The highest BCUT2D eigenvalue weighted by Crippen LogP contribution is 2.22. The van der Waals surface area contributed by atoms with Crippen molar-refractivity contribution in [3.05, 3.63) is 27.3 Å². The van der Waals surface area contributed by atoms with Gasteiger partial charge in [-0.05, 0) is 54.1 Å². The summed E-state index contributed by atoms with van der Waals surface area (Å²) < 4.78 is 22.7. The molecule has 0 heterocycles. The summed E-state index contributed by atoms with van der Waals surface area (Å²) in [4.78, 5) is 11.3. The van der Waals surface area contributed by atoms with E-state index in [2.05, 4.69) is 29.5 Å². The van der Waals surface area contributed by atoms with E-state index in [1.807, 2.05) is 12.1 Å². The lowest BCUT2D eigenvalue weighted by molar-refractivity contribution is 0.00941. The average Bonchev–Trinajstić information content (AvgIpc) is 2.53. The van der Waals surface area contributed by atoms with E-state index < -0.39 is 0 Å². The van der Waals surface area contributed by atoms with Crippen LogP contribution in [0.4, 0.5) is 0 Å². The van der Waals surface area contributed by atoms with Crippen molar-refractivity contribution >= 4 is 28.4 Å². The molecule has 1 aromatic rings. The third-order valence-corrected chi connectivity index (χ3v) is 3.76. The fraction of sp³-hybridized carbons (Fsp3) is 0.588. The Kier molecular flexibility index (Phi) is 11.2. The molecule has 0 bridgehead atoms. The van der Waals surface area contributed by atoms with Crippen LogP contribution in [0.3, 0.4) is 0 Å². The highest BCUT2D eigenvalue weighted by Gasteiger charge is 2.05. The van der Waals surface area contributed by atoms with Gasteiger partial charge >= 0.3 is 0 Å². The smallest absolute Gasteiger partial charge is 0.159 e. The molecule has 0 aliphatic heterocycles. The molecule has 130 valence electrons. The molecule has 0 saturated heterocycles. The second kappa shape index (κ2) is 12.7. The molecule has 0 radical (unpaired) electrons. The highest BCUT2D eigenvalue weighted by molar-refractivity contribution is 14.1. The van der Waals surface area contributed by atoms with E-state index in [0.717, 1.165) is 22.3 Å². The number of Topliss-reactive ketones (excluding diaryl/α,β-unsaturated/α-hetero) is 1. The summed E-state index contributed by atoms with van der Waals surface area (Å²) in [5.74, 6) is 0.821. The van der Waals surface area contributed by atoms with Crippen LogP contribution < -0.4 is 4.74 Å². The summed E-state index contributed by atoms with van der Waals surface area (Å²) in [5, 5.41) is 0. The van der Waals surface area contributed by atoms with Crippen LogP contribution in [0.2, 0.25) is 0 Å². The Bertz CT molecular complexity index is 464. The van der Waals surface area contributed by atoms with Crippen molar-refractivity contribution in [1.29, 1.82) is 0 Å². The number of benzene rings is 1. The van der Waals surface area contributed by atoms with Gasteiger partial charge in [0, 0.05) is 12.2 Å².